The number of aliphatic imine (C=N–C) groups is 1. The van der Waals surface area contributed by atoms with E-state index in [4.69, 9.17) is 0 Å². The van der Waals surface area contributed by atoms with Gasteiger partial charge >= 0.3 is 0 Å². The number of nitrogens with one attached hydrogen (secondary N) is 1. The van der Waals surface area contributed by atoms with Crippen molar-refractivity contribution in [2.45, 2.75) is 7.43 Å². The number of hydrogen-bond acceptors (Lipinski definition) is 3. The predicted molar refractivity (Wildman–Crippen MR) is 33.1 cm³/mol. The molecule has 3 nitrogen and oxygen atoms in total. The van der Waals surface area contributed by atoms with Gasteiger partial charge in [0.25, 0.3) is 0 Å². The summed E-state index contributed by atoms with van der Waals surface area (Å²) in [6, 6.07) is 0. The molecule has 0 amide bonds. The fourth-order valence-corrected chi connectivity index (χ4v) is 0.323. The first-order valence-electron chi connectivity index (χ1n) is 1.72. The van der Waals surface area contributed by atoms with Gasteiger partial charge in [-0.3, -0.25) is 4.99 Å². The molecule has 0 aliphatic carbocycles. The van der Waals surface area contributed by atoms with Crippen molar-refractivity contribution in [3.8, 4) is 0 Å². The molecule has 0 aromatic carbocycles. The predicted octanol–water partition coefficient (Wildman–Crippen LogP) is 0.416. The summed E-state index contributed by atoms with van der Waals surface area (Å²) in [6.45, 7) is 1.99. The van der Waals surface area contributed by atoms with Crippen LogP contribution in [0.5, 0.6) is 0 Å². The molecule has 3 heteroatoms. The zero-order valence-electron chi connectivity index (χ0n) is 3.65. The van der Waals surface area contributed by atoms with Crippen LogP contribution in [0.25, 0.3) is 0 Å². The van der Waals surface area contributed by atoms with Crippen molar-refractivity contribution in [3.63, 3.8) is 0 Å². The van der Waals surface area contributed by atoms with Crippen LogP contribution in [-0.2, 0) is 0 Å². The Morgan fingerprint density at radius 1 is 1.57 bits per heavy atom. The van der Waals surface area contributed by atoms with Crippen LogP contribution >= 0.6 is 0 Å². The Morgan fingerprint density at radius 2 is 2.29 bits per heavy atom. The van der Waals surface area contributed by atoms with Crippen molar-refractivity contribution in [3.05, 3.63) is 0 Å². The smallest absolute Gasteiger partial charge is 0.0825 e. The average molecular weight is 103 g/mol. The maximum atomic E-state index is 3.85. The van der Waals surface area contributed by atoms with E-state index in [0.29, 0.717) is 0 Å². The van der Waals surface area contributed by atoms with E-state index in [-0.39, 0.29) is 13.6 Å². The Kier molecular flexibility index (Phi) is 7.49. The minimum absolute atomic E-state index is 0. The first-order valence-corrected chi connectivity index (χ1v) is 1.72. The van der Waals surface area contributed by atoms with Crippen LogP contribution in [0.4, 0.5) is 0 Å². The first-order chi connectivity index (χ1) is 2.50. The molecule has 0 atom stereocenters. The molecule has 44 valence electrons. The zero-order chi connectivity index (χ0) is 3.54. The molecule has 0 aromatic rings. The van der Waals surface area contributed by atoms with E-state index >= 15 is 0 Å². The highest BCUT2D eigenvalue weighted by Crippen LogP contribution is 1.68. The third kappa shape index (κ3) is 3.26. The van der Waals surface area contributed by atoms with E-state index < -0.39 is 0 Å². The Balaban J connectivity index is 0. The lowest BCUT2D eigenvalue weighted by atomic mass is 10.7. The van der Waals surface area contributed by atoms with E-state index in [1.165, 1.54) is 0 Å². The fraction of sp³-hybridized carbons (Fsp3) is 0.750. The maximum absolute atomic E-state index is 3.85. The second-order valence-corrected chi connectivity index (χ2v) is 0.989. The maximum Gasteiger partial charge on any atom is 0.0825 e. The fourth-order valence-electron chi connectivity index (χ4n) is 0.323. The Labute approximate surface area is 44.4 Å². The molecule has 1 aliphatic rings. The average Bonchev–Trinajstić information content (AvgIpc) is 1.76. The molecule has 0 aromatic heterocycles. The quantitative estimate of drug-likeness (QED) is 0.466. The van der Waals surface area contributed by atoms with Crippen molar-refractivity contribution in [1.82, 2.24) is 11.5 Å². The third-order valence-corrected chi connectivity index (χ3v) is 0.568. The summed E-state index contributed by atoms with van der Waals surface area (Å²) in [5.74, 6) is 0. The summed E-state index contributed by atoms with van der Waals surface area (Å²) < 4.78 is 0. The molecule has 0 radical (unpaired) electrons. The van der Waals surface area contributed by atoms with Gasteiger partial charge in [0.1, 0.15) is 0 Å². The molecule has 0 fully saturated rings. The second-order valence-electron chi connectivity index (χ2n) is 0.989. The monoisotopic (exact) mass is 103 g/mol. The van der Waals surface area contributed by atoms with Gasteiger partial charge in [-0.15, -0.1) is 0 Å². The highest BCUT2D eigenvalue weighted by atomic mass is 15.0. The van der Waals surface area contributed by atoms with Crippen molar-refractivity contribution in [1.29, 1.82) is 0 Å². The molecular weight excluding hydrogens is 90.1 g/mol. The van der Waals surface area contributed by atoms with E-state index in [0.717, 1.165) is 13.1 Å². The van der Waals surface area contributed by atoms with Gasteiger partial charge in [-0.1, -0.05) is 7.43 Å². The molecule has 0 saturated heterocycles. The zero-order valence-corrected chi connectivity index (χ0v) is 3.65. The van der Waals surface area contributed by atoms with Gasteiger partial charge < -0.3 is 11.5 Å². The molecule has 1 rings (SSSR count). The third-order valence-electron chi connectivity index (χ3n) is 0.568. The largest absolute Gasteiger partial charge is 0.375 e. The minimum Gasteiger partial charge on any atom is -0.375 e. The Morgan fingerprint density at radius 3 is 2.43 bits per heavy atom. The number of rotatable bonds is 0. The molecule has 4 N–H and O–H groups in total. The molecule has 0 unspecified atom stereocenters. The molecule has 0 spiro atoms. The van der Waals surface area contributed by atoms with Gasteiger partial charge in [-0.05, 0) is 0 Å². The van der Waals surface area contributed by atoms with Gasteiger partial charge in [-0.25, -0.2) is 0 Å². The van der Waals surface area contributed by atoms with Crippen molar-refractivity contribution >= 4 is 6.34 Å². The molecule has 1 heterocycles. The van der Waals surface area contributed by atoms with E-state index in [2.05, 4.69) is 10.3 Å². The molecule has 0 saturated carbocycles. The van der Waals surface area contributed by atoms with Crippen molar-refractivity contribution in [2.75, 3.05) is 13.1 Å². The topological polar surface area (TPSA) is 59.4 Å². The van der Waals surface area contributed by atoms with Gasteiger partial charge in [0.2, 0.25) is 0 Å². The van der Waals surface area contributed by atoms with Gasteiger partial charge in [0, 0.05) is 6.54 Å². The number of hydrogen-bond donors (Lipinski definition) is 2. The number of nitrogens with zero attached hydrogens (tertiary/aromatic N) is 1. The molecule has 0 bridgehead atoms. The van der Waals surface area contributed by atoms with Crippen LogP contribution in [0.2, 0.25) is 0 Å². The summed E-state index contributed by atoms with van der Waals surface area (Å²) in [5.41, 5.74) is 0. The van der Waals surface area contributed by atoms with Crippen LogP contribution in [-0.4, -0.2) is 19.4 Å². The van der Waals surface area contributed by atoms with Crippen LogP contribution < -0.4 is 11.5 Å². The lowest BCUT2D eigenvalue weighted by Crippen LogP contribution is -2.04. The lowest BCUT2D eigenvalue weighted by Gasteiger charge is -1.75. The molecular formula is C4H13N3. The van der Waals surface area contributed by atoms with E-state index in [1.54, 1.807) is 6.34 Å². The summed E-state index contributed by atoms with van der Waals surface area (Å²) >= 11 is 0. The van der Waals surface area contributed by atoms with Crippen LogP contribution in [0.15, 0.2) is 4.99 Å². The van der Waals surface area contributed by atoms with Gasteiger partial charge in [-0.2, -0.15) is 0 Å². The van der Waals surface area contributed by atoms with E-state index in [1.807, 2.05) is 0 Å². The van der Waals surface area contributed by atoms with Crippen molar-refractivity contribution in [2.24, 2.45) is 4.99 Å². The normalized spacial score (nSPS) is 13.7. The standard InChI is InChI=1S/C3H6N2.CH4.H3N/c1-2-5-3-4-1;;/h3H,1-2H2,(H,4,5);1H4;1H3. The van der Waals surface area contributed by atoms with Crippen LogP contribution in [0.1, 0.15) is 7.43 Å². The molecule has 7 heavy (non-hydrogen) atoms. The second kappa shape index (κ2) is 5.43. The summed E-state index contributed by atoms with van der Waals surface area (Å²) in [6.07, 6.45) is 1.74. The first kappa shape index (κ1) is 9.66. The van der Waals surface area contributed by atoms with E-state index in [9.17, 15) is 0 Å². The minimum atomic E-state index is 0. The SMILES string of the molecule is C.C1=NCCN1.N. The summed E-state index contributed by atoms with van der Waals surface area (Å²) in [5, 5.41) is 2.93. The lowest BCUT2D eigenvalue weighted by molar-refractivity contribution is 0.965. The van der Waals surface area contributed by atoms with Crippen LogP contribution in [0.3, 0.4) is 0 Å². The van der Waals surface area contributed by atoms with Gasteiger partial charge in [0.05, 0.1) is 12.9 Å². The highest BCUT2D eigenvalue weighted by molar-refractivity contribution is 5.56. The van der Waals surface area contributed by atoms with Crippen LogP contribution in [0, 0.1) is 0 Å². The highest BCUT2D eigenvalue weighted by Gasteiger charge is 1.82. The summed E-state index contributed by atoms with van der Waals surface area (Å²) in [7, 11) is 0. The van der Waals surface area contributed by atoms with Crippen molar-refractivity contribution < 1.29 is 0 Å². The molecule has 1 aliphatic heterocycles. The summed E-state index contributed by atoms with van der Waals surface area (Å²) in [4.78, 5) is 3.85. The Hall–Kier alpha value is -0.570. The van der Waals surface area contributed by atoms with Gasteiger partial charge in [0.15, 0.2) is 0 Å². The Bertz CT molecular complexity index is 44.9.